The molecule has 0 aromatic heterocycles. The number of carbonyl (C=O) groups is 3. The van der Waals surface area contributed by atoms with Crippen molar-refractivity contribution >= 4 is 35.2 Å². The number of imide groups is 1. The van der Waals surface area contributed by atoms with Crippen LogP contribution in [-0.2, 0) is 9.53 Å². The first kappa shape index (κ1) is 19.5. The van der Waals surface area contributed by atoms with Gasteiger partial charge in [-0.2, -0.15) is 0 Å². The van der Waals surface area contributed by atoms with E-state index in [9.17, 15) is 28.9 Å². The lowest BCUT2D eigenvalue weighted by atomic mass is 10.1. The van der Waals surface area contributed by atoms with E-state index in [0.29, 0.717) is 9.80 Å². The first-order valence-electron chi connectivity index (χ1n) is 8.06. The molecule has 10 heteroatoms. The van der Waals surface area contributed by atoms with E-state index in [2.05, 4.69) is 0 Å². The highest BCUT2D eigenvalue weighted by atomic mass is 32.2. The summed E-state index contributed by atoms with van der Waals surface area (Å²) in [5.74, 6) is -2.65. The van der Waals surface area contributed by atoms with Crippen LogP contribution in [0.25, 0.3) is 0 Å². The van der Waals surface area contributed by atoms with E-state index in [1.54, 1.807) is 18.2 Å². The Morgan fingerprint density at radius 2 is 1.89 bits per heavy atom. The molecular weight excluding hydrogens is 391 g/mol. The number of esters is 1. The highest BCUT2D eigenvalue weighted by molar-refractivity contribution is 7.99. The van der Waals surface area contributed by atoms with Gasteiger partial charge in [-0.15, -0.1) is 11.8 Å². The quantitative estimate of drug-likeness (QED) is 0.174. The Morgan fingerprint density at radius 3 is 2.61 bits per heavy atom. The minimum atomic E-state index is -0.912. The highest BCUT2D eigenvalue weighted by Gasteiger charge is 2.41. The molecule has 28 heavy (non-hydrogen) atoms. The fraction of sp³-hybridized carbons (Fsp3) is 0.167. The van der Waals surface area contributed by atoms with Crippen LogP contribution in [0.3, 0.4) is 0 Å². The Bertz CT molecular complexity index is 980. The molecule has 0 bridgehead atoms. The van der Waals surface area contributed by atoms with Crippen molar-refractivity contribution in [2.75, 3.05) is 18.9 Å². The summed E-state index contributed by atoms with van der Waals surface area (Å²) >= 11 is 1.15. The lowest BCUT2D eigenvalue weighted by molar-refractivity contribution is -0.385. The van der Waals surface area contributed by atoms with Gasteiger partial charge in [0.1, 0.15) is 24.5 Å². The second kappa shape index (κ2) is 8.17. The summed E-state index contributed by atoms with van der Waals surface area (Å²) in [7, 11) is 0. The van der Waals surface area contributed by atoms with Gasteiger partial charge in [0.15, 0.2) is 0 Å². The van der Waals surface area contributed by atoms with Gasteiger partial charge >= 0.3 is 5.97 Å². The molecule has 1 heterocycles. The fourth-order valence-electron chi connectivity index (χ4n) is 2.66. The number of hydrogen-bond acceptors (Lipinski definition) is 7. The van der Waals surface area contributed by atoms with Gasteiger partial charge < -0.3 is 4.74 Å². The van der Waals surface area contributed by atoms with E-state index in [4.69, 9.17) is 4.74 Å². The summed E-state index contributed by atoms with van der Waals surface area (Å²) in [5, 5.41) is 11.1. The summed E-state index contributed by atoms with van der Waals surface area (Å²) in [6.07, 6.45) is 0. The Morgan fingerprint density at radius 1 is 1.14 bits per heavy atom. The van der Waals surface area contributed by atoms with Crippen LogP contribution >= 0.6 is 11.8 Å². The molecule has 0 saturated carbocycles. The summed E-state index contributed by atoms with van der Waals surface area (Å²) in [5.41, 5.74) is -0.949. The number of benzene rings is 2. The third-order valence-corrected chi connectivity index (χ3v) is 4.91. The molecule has 1 aliphatic rings. The van der Waals surface area contributed by atoms with Gasteiger partial charge in [0.25, 0.3) is 17.5 Å². The number of carbonyl (C=O) groups excluding carboxylic acids is 3. The number of hydrogen-bond donors (Lipinski definition) is 0. The number of rotatable bonds is 7. The van der Waals surface area contributed by atoms with Gasteiger partial charge in [-0.3, -0.25) is 29.4 Å². The molecule has 0 aliphatic carbocycles. The van der Waals surface area contributed by atoms with Crippen molar-refractivity contribution in [2.45, 2.75) is 4.90 Å². The van der Waals surface area contributed by atoms with Gasteiger partial charge in [-0.1, -0.05) is 18.2 Å². The van der Waals surface area contributed by atoms with Crippen molar-refractivity contribution in [3.8, 4) is 0 Å². The van der Waals surface area contributed by atoms with E-state index < -0.39 is 34.9 Å². The summed E-state index contributed by atoms with van der Waals surface area (Å²) < 4.78 is 18.5. The monoisotopic (exact) mass is 404 g/mol. The number of halogens is 1. The molecule has 0 atom stereocenters. The number of thioether (sulfide) groups is 1. The molecule has 0 radical (unpaired) electrons. The predicted octanol–water partition coefficient (Wildman–Crippen LogP) is 2.67. The van der Waals surface area contributed by atoms with Crippen LogP contribution < -0.4 is 0 Å². The topological polar surface area (TPSA) is 107 Å². The molecule has 0 spiro atoms. The molecular formula is C18H13FN2O6S. The number of nitrogens with zero attached hydrogens (tertiary/aromatic N) is 2. The van der Waals surface area contributed by atoms with Crippen molar-refractivity contribution in [3.63, 3.8) is 0 Å². The second-order valence-electron chi connectivity index (χ2n) is 5.65. The average Bonchev–Trinajstić information content (AvgIpc) is 2.91. The Kier molecular flexibility index (Phi) is 5.69. The van der Waals surface area contributed by atoms with Crippen LogP contribution in [0, 0.1) is 15.9 Å². The number of fused-ring (bicyclic) bond motifs is 1. The Labute approximate surface area is 162 Å². The fourth-order valence-corrected chi connectivity index (χ4v) is 3.42. The second-order valence-corrected chi connectivity index (χ2v) is 6.79. The summed E-state index contributed by atoms with van der Waals surface area (Å²) in [4.78, 5) is 47.9. The minimum Gasteiger partial charge on any atom is -0.463 e. The maximum atomic E-state index is 13.5. The number of nitro benzene ring substituents is 1. The minimum absolute atomic E-state index is 0.0544. The maximum Gasteiger partial charge on any atom is 0.326 e. The number of amides is 2. The van der Waals surface area contributed by atoms with Crippen LogP contribution in [0.2, 0.25) is 0 Å². The van der Waals surface area contributed by atoms with E-state index in [-0.39, 0.29) is 29.3 Å². The normalized spacial score (nSPS) is 12.8. The Hall–Kier alpha value is -3.27. The van der Waals surface area contributed by atoms with Gasteiger partial charge in [0.05, 0.1) is 10.5 Å². The summed E-state index contributed by atoms with van der Waals surface area (Å²) in [6, 6.07) is 9.85. The third-order valence-electron chi connectivity index (χ3n) is 3.90. The molecule has 1 aliphatic heterocycles. The van der Waals surface area contributed by atoms with E-state index in [1.165, 1.54) is 18.2 Å². The van der Waals surface area contributed by atoms with Crippen molar-refractivity contribution in [1.29, 1.82) is 0 Å². The largest absolute Gasteiger partial charge is 0.463 e. The summed E-state index contributed by atoms with van der Waals surface area (Å²) in [6.45, 7) is -0.713. The molecule has 0 N–H and O–H groups in total. The van der Waals surface area contributed by atoms with Crippen LogP contribution in [0.15, 0.2) is 47.4 Å². The zero-order valence-electron chi connectivity index (χ0n) is 14.3. The molecule has 2 aromatic rings. The molecule has 2 amide bonds. The third kappa shape index (κ3) is 3.86. The van der Waals surface area contributed by atoms with Gasteiger partial charge in [-0.25, -0.2) is 4.39 Å². The smallest absolute Gasteiger partial charge is 0.326 e. The van der Waals surface area contributed by atoms with Gasteiger partial charge in [0.2, 0.25) is 0 Å². The maximum absolute atomic E-state index is 13.5. The van der Waals surface area contributed by atoms with Crippen molar-refractivity contribution in [2.24, 2.45) is 0 Å². The van der Waals surface area contributed by atoms with E-state index >= 15 is 0 Å². The van der Waals surface area contributed by atoms with Gasteiger partial charge in [-0.05, 0) is 18.2 Å². The highest BCUT2D eigenvalue weighted by Crippen LogP contribution is 2.30. The van der Waals surface area contributed by atoms with Crippen LogP contribution in [0.4, 0.5) is 10.1 Å². The molecule has 144 valence electrons. The molecule has 8 nitrogen and oxygen atoms in total. The lowest BCUT2D eigenvalue weighted by Crippen LogP contribution is -2.36. The Balaban J connectivity index is 1.57. The zero-order valence-corrected chi connectivity index (χ0v) is 15.1. The average molecular weight is 404 g/mol. The molecule has 2 aromatic carbocycles. The number of nitro groups is 1. The zero-order chi connectivity index (χ0) is 20.3. The van der Waals surface area contributed by atoms with Crippen molar-refractivity contribution < 1.29 is 28.4 Å². The number of ether oxygens (including phenoxy) is 1. The van der Waals surface area contributed by atoms with Crippen molar-refractivity contribution in [3.05, 3.63) is 69.5 Å². The first-order chi connectivity index (χ1) is 13.4. The van der Waals surface area contributed by atoms with Crippen LogP contribution in [0.1, 0.15) is 20.7 Å². The van der Waals surface area contributed by atoms with Gasteiger partial charge in [0, 0.05) is 16.7 Å². The SMILES string of the molecule is O=C(CN1C(=O)c2cccc([N+](=O)[O-])c2C1=O)OCCSc1ccccc1F. The van der Waals surface area contributed by atoms with E-state index in [0.717, 1.165) is 17.8 Å². The van der Waals surface area contributed by atoms with E-state index in [1.807, 2.05) is 0 Å². The molecule has 0 fully saturated rings. The lowest BCUT2D eigenvalue weighted by Gasteiger charge is -2.13. The molecule has 3 rings (SSSR count). The van der Waals surface area contributed by atoms with Crippen LogP contribution in [-0.4, -0.2) is 46.5 Å². The standard InChI is InChI=1S/C18H13FN2O6S/c19-12-5-1-2-7-14(12)28-9-8-27-15(22)10-20-17(23)11-4-3-6-13(21(25)26)16(11)18(20)24/h1-7H,8-10H2. The van der Waals surface area contributed by atoms with Crippen LogP contribution in [0.5, 0.6) is 0 Å². The molecule has 0 unspecified atom stereocenters. The molecule has 0 saturated heterocycles. The van der Waals surface area contributed by atoms with Crippen molar-refractivity contribution in [1.82, 2.24) is 4.90 Å². The predicted molar refractivity (Wildman–Crippen MR) is 96.5 cm³/mol. The first-order valence-corrected chi connectivity index (χ1v) is 9.05.